The standard InChI is InChI=1S/C23H21ClN4O5/c1-3-19(29)28-17(15-9-4-5-10-18(15)33-2)12-16(26-28)20-21(30)25-23(32)27(22(20)31)14-8-6-7-13(24)11-14/h4-11,17,31H,3,12H2,1-2H3,(H,25,30,32). The van der Waals surface area contributed by atoms with Gasteiger partial charge in [-0.3, -0.25) is 14.6 Å². The molecule has 170 valence electrons. The number of carbonyl (C=O) groups is 1. The molecule has 0 spiro atoms. The monoisotopic (exact) mass is 468 g/mol. The van der Waals surface area contributed by atoms with E-state index in [9.17, 15) is 19.5 Å². The van der Waals surface area contributed by atoms with Crippen LogP contribution >= 0.6 is 11.6 Å². The van der Waals surface area contributed by atoms with Gasteiger partial charge in [-0.2, -0.15) is 5.10 Å². The maximum atomic E-state index is 12.7. The molecule has 0 aliphatic carbocycles. The molecule has 2 heterocycles. The lowest BCUT2D eigenvalue weighted by molar-refractivity contribution is -0.132. The molecule has 0 bridgehead atoms. The van der Waals surface area contributed by atoms with Gasteiger partial charge in [0.25, 0.3) is 5.56 Å². The Morgan fingerprint density at radius 1 is 1.24 bits per heavy atom. The predicted molar refractivity (Wildman–Crippen MR) is 123 cm³/mol. The van der Waals surface area contributed by atoms with Gasteiger partial charge in [0.1, 0.15) is 11.3 Å². The van der Waals surface area contributed by atoms with Crippen LogP contribution in [0.4, 0.5) is 0 Å². The Morgan fingerprint density at radius 3 is 2.70 bits per heavy atom. The Morgan fingerprint density at radius 2 is 2.00 bits per heavy atom. The Labute approximate surface area is 193 Å². The highest BCUT2D eigenvalue weighted by Gasteiger charge is 2.36. The number of aromatic amines is 1. The van der Waals surface area contributed by atoms with Crippen molar-refractivity contribution in [2.45, 2.75) is 25.8 Å². The van der Waals surface area contributed by atoms with Gasteiger partial charge in [0, 0.05) is 23.4 Å². The summed E-state index contributed by atoms with van der Waals surface area (Å²) in [5.41, 5.74) is -0.685. The van der Waals surface area contributed by atoms with E-state index in [2.05, 4.69) is 10.1 Å². The van der Waals surface area contributed by atoms with Crippen molar-refractivity contribution in [3.63, 3.8) is 0 Å². The number of nitrogens with one attached hydrogen (secondary N) is 1. The molecule has 3 aromatic rings. The number of hydrazone groups is 1. The molecular weight excluding hydrogens is 448 g/mol. The van der Waals surface area contributed by atoms with Crippen molar-refractivity contribution in [2.75, 3.05) is 7.11 Å². The molecule has 1 amide bonds. The number of aromatic nitrogens is 2. The fourth-order valence-corrected chi connectivity index (χ4v) is 4.06. The van der Waals surface area contributed by atoms with Gasteiger partial charge in [-0.15, -0.1) is 0 Å². The number of methoxy groups -OCH3 is 1. The minimum atomic E-state index is -0.829. The highest BCUT2D eigenvalue weighted by atomic mass is 35.5. The topological polar surface area (TPSA) is 117 Å². The Bertz CT molecular complexity index is 1380. The van der Waals surface area contributed by atoms with Crippen LogP contribution in [0.15, 0.2) is 63.2 Å². The normalized spacial score (nSPS) is 15.4. The molecule has 1 aliphatic heterocycles. The van der Waals surface area contributed by atoms with Crippen LogP contribution in [0.3, 0.4) is 0 Å². The predicted octanol–water partition coefficient (Wildman–Crippen LogP) is 2.98. The van der Waals surface area contributed by atoms with E-state index in [1.807, 2.05) is 18.2 Å². The highest BCUT2D eigenvalue weighted by molar-refractivity contribution is 6.30. The van der Waals surface area contributed by atoms with E-state index >= 15 is 0 Å². The lowest BCUT2D eigenvalue weighted by Crippen LogP contribution is -2.33. The lowest BCUT2D eigenvalue weighted by atomic mass is 9.98. The molecule has 0 saturated heterocycles. The van der Waals surface area contributed by atoms with Crippen LogP contribution < -0.4 is 16.0 Å². The second kappa shape index (κ2) is 8.95. The fraction of sp³-hybridized carbons (Fsp3) is 0.217. The Hall–Kier alpha value is -3.85. The molecule has 10 heteroatoms. The van der Waals surface area contributed by atoms with Crippen LogP contribution in [-0.4, -0.2) is 38.4 Å². The summed E-state index contributed by atoms with van der Waals surface area (Å²) in [5, 5.41) is 17.0. The number of hydrogen-bond acceptors (Lipinski definition) is 6. The SMILES string of the molecule is CCC(=O)N1N=C(c2c(O)n(-c3cccc(Cl)c3)c(=O)[nH]c2=O)CC1c1ccccc1OC. The number of hydrogen-bond donors (Lipinski definition) is 2. The van der Waals surface area contributed by atoms with Crippen LogP contribution in [0, 0.1) is 0 Å². The van der Waals surface area contributed by atoms with Gasteiger partial charge in [0.05, 0.1) is 24.6 Å². The number of amides is 1. The van der Waals surface area contributed by atoms with Gasteiger partial charge in [0.2, 0.25) is 11.8 Å². The summed E-state index contributed by atoms with van der Waals surface area (Å²) in [6, 6.07) is 12.9. The number of ether oxygens (including phenoxy) is 1. The van der Waals surface area contributed by atoms with Crippen molar-refractivity contribution in [3.05, 3.63) is 85.5 Å². The fourth-order valence-electron chi connectivity index (χ4n) is 3.88. The zero-order valence-corrected chi connectivity index (χ0v) is 18.7. The number of para-hydroxylation sites is 1. The molecule has 1 unspecified atom stereocenters. The van der Waals surface area contributed by atoms with E-state index in [0.29, 0.717) is 16.3 Å². The number of carbonyl (C=O) groups excluding carboxylic acids is 1. The number of rotatable bonds is 5. The average molecular weight is 469 g/mol. The van der Waals surface area contributed by atoms with Crippen molar-refractivity contribution >= 4 is 23.2 Å². The summed E-state index contributed by atoms with van der Waals surface area (Å²) < 4.78 is 6.39. The van der Waals surface area contributed by atoms with E-state index in [1.165, 1.54) is 18.2 Å². The van der Waals surface area contributed by atoms with Crippen LogP contribution in [0.1, 0.15) is 36.9 Å². The highest BCUT2D eigenvalue weighted by Crippen LogP contribution is 2.38. The van der Waals surface area contributed by atoms with E-state index in [4.69, 9.17) is 16.3 Å². The summed E-state index contributed by atoms with van der Waals surface area (Å²) in [6.45, 7) is 1.71. The third-order valence-electron chi connectivity index (χ3n) is 5.41. The molecule has 1 aliphatic rings. The molecule has 4 rings (SSSR count). The molecule has 0 radical (unpaired) electrons. The number of halogens is 1. The molecule has 9 nitrogen and oxygen atoms in total. The van der Waals surface area contributed by atoms with Crippen molar-refractivity contribution in [3.8, 4) is 17.3 Å². The minimum absolute atomic E-state index is 0.135. The van der Waals surface area contributed by atoms with Gasteiger partial charge in [-0.05, 0) is 24.3 Å². The maximum absolute atomic E-state index is 12.7. The van der Waals surface area contributed by atoms with E-state index in [1.54, 1.807) is 31.2 Å². The van der Waals surface area contributed by atoms with Crippen molar-refractivity contribution < 1.29 is 14.6 Å². The average Bonchev–Trinajstić information content (AvgIpc) is 3.23. The largest absolute Gasteiger partial charge is 0.496 e. The van der Waals surface area contributed by atoms with E-state index < -0.39 is 23.2 Å². The molecule has 33 heavy (non-hydrogen) atoms. The zero-order chi connectivity index (χ0) is 23.7. The second-order valence-electron chi connectivity index (χ2n) is 7.37. The molecule has 2 aromatic carbocycles. The number of benzene rings is 2. The van der Waals surface area contributed by atoms with Gasteiger partial charge in [-0.1, -0.05) is 42.8 Å². The first-order valence-corrected chi connectivity index (χ1v) is 10.6. The van der Waals surface area contributed by atoms with Crippen molar-refractivity contribution in [1.29, 1.82) is 0 Å². The summed E-state index contributed by atoms with van der Waals surface area (Å²) in [6.07, 6.45) is 0.323. The summed E-state index contributed by atoms with van der Waals surface area (Å²) >= 11 is 6.03. The quantitative estimate of drug-likeness (QED) is 0.597. The lowest BCUT2D eigenvalue weighted by Gasteiger charge is -2.23. The first-order valence-electron chi connectivity index (χ1n) is 10.2. The summed E-state index contributed by atoms with van der Waals surface area (Å²) in [4.78, 5) is 40.2. The third kappa shape index (κ3) is 4.03. The molecule has 0 fully saturated rings. The van der Waals surface area contributed by atoms with Crippen LogP contribution in [0.2, 0.25) is 5.02 Å². The van der Waals surface area contributed by atoms with Crippen molar-refractivity contribution in [1.82, 2.24) is 14.6 Å². The Balaban J connectivity index is 1.87. The molecule has 1 aromatic heterocycles. The molecule has 1 atom stereocenters. The summed E-state index contributed by atoms with van der Waals surface area (Å²) in [5.74, 6) is -0.288. The zero-order valence-electron chi connectivity index (χ0n) is 17.9. The van der Waals surface area contributed by atoms with Gasteiger partial charge in [0.15, 0.2) is 0 Å². The smallest absolute Gasteiger partial charge is 0.335 e. The molecule has 2 N–H and O–H groups in total. The number of H-pyrrole nitrogens is 1. The first-order chi connectivity index (χ1) is 15.8. The minimum Gasteiger partial charge on any atom is -0.496 e. The van der Waals surface area contributed by atoms with Gasteiger partial charge in [-0.25, -0.2) is 14.4 Å². The summed E-state index contributed by atoms with van der Waals surface area (Å²) in [7, 11) is 1.53. The first kappa shape index (κ1) is 22.3. The Kier molecular flexibility index (Phi) is 6.06. The number of aromatic hydroxyl groups is 1. The maximum Gasteiger partial charge on any atom is 0.335 e. The van der Waals surface area contributed by atoms with Crippen LogP contribution in [0.5, 0.6) is 11.6 Å². The van der Waals surface area contributed by atoms with E-state index in [0.717, 1.165) is 4.57 Å². The van der Waals surface area contributed by atoms with Gasteiger partial charge < -0.3 is 9.84 Å². The van der Waals surface area contributed by atoms with E-state index in [-0.39, 0.29) is 35.7 Å². The van der Waals surface area contributed by atoms with Crippen LogP contribution in [0.25, 0.3) is 5.69 Å². The second-order valence-corrected chi connectivity index (χ2v) is 7.81. The number of nitrogens with zero attached hydrogens (tertiary/aromatic N) is 3. The molecular formula is C23H21ClN4O5. The van der Waals surface area contributed by atoms with Crippen molar-refractivity contribution in [2.24, 2.45) is 5.10 Å². The molecule has 0 saturated carbocycles. The van der Waals surface area contributed by atoms with Crippen LogP contribution in [-0.2, 0) is 4.79 Å². The van der Waals surface area contributed by atoms with Gasteiger partial charge >= 0.3 is 5.69 Å². The third-order valence-corrected chi connectivity index (χ3v) is 5.64.